The van der Waals surface area contributed by atoms with Gasteiger partial charge in [0.15, 0.2) is 16.7 Å². The molecule has 1 N–H and O–H groups in total. The van der Waals surface area contributed by atoms with Gasteiger partial charge in [0.2, 0.25) is 0 Å². The average molecular weight is 548 g/mol. The lowest BCUT2D eigenvalue weighted by Gasteiger charge is -2.30. The number of carbonyl (C=O) groups excluding carboxylic acids is 1. The summed E-state index contributed by atoms with van der Waals surface area (Å²) in [6.45, 7) is 2.34. The average Bonchev–Trinajstić information content (AvgIpc) is 3.07. The Morgan fingerprint density at radius 1 is 1.23 bits per heavy atom. The van der Waals surface area contributed by atoms with E-state index in [0.717, 1.165) is 42.1 Å². The van der Waals surface area contributed by atoms with Gasteiger partial charge in [-0.1, -0.05) is 37.5 Å². The molecular weight excluding hydrogens is 523 g/mol. The molecule has 31 heavy (non-hydrogen) atoms. The molecule has 4 rings (SSSR count). The number of thioether (sulfide) groups is 1. The van der Waals surface area contributed by atoms with Gasteiger partial charge in [-0.3, -0.25) is 9.69 Å². The van der Waals surface area contributed by atoms with Gasteiger partial charge >= 0.3 is 0 Å². The fourth-order valence-corrected chi connectivity index (χ4v) is 5.62. The van der Waals surface area contributed by atoms with E-state index in [1.165, 1.54) is 18.2 Å². The number of phenols is 1. The summed E-state index contributed by atoms with van der Waals surface area (Å²) in [5, 5.41) is 11.0. The number of hydrogen-bond donors (Lipinski definition) is 1. The molecule has 2 aliphatic rings. The molecule has 0 spiro atoms. The van der Waals surface area contributed by atoms with Crippen LogP contribution in [0.3, 0.4) is 0 Å². The highest BCUT2D eigenvalue weighted by atomic mass is 127. The van der Waals surface area contributed by atoms with Crippen LogP contribution in [-0.4, -0.2) is 33.7 Å². The summed E-state index contributed by atoms with van der Waals surface area (Å²) in [5.74, 6) is 0.566. The topological polar surface area (TPSA) is 62.1 Å². The number of carbonyl (C=O) groups is 1. The minimum atomic E-state index is 0.00706. The quantitative estimate of drug-likeness (QED) is 0.350. The van der Waals surface area contributed by atoms with E-state index < -0.39 is 0 Å². The zero-order valence-corrected chi connectivity index (χ0v) is 20.4. The lowest BCUT2D eigenvalue weighted by molar-refractivity contribution is -0.124. The van der Waals surface area contributed by atoms with E-state index in [4.69, 9.17) is 9.73 Å². The second-order valence-corrected chi connectivity index (χ2v) is 9.76. The normalized spacial score (nSPS) is 20.1. The monoisotopic (exact) mass is 548 g/mol. The Morgan fingerprint density at radius 3 is 2.68 bits per heavy atom. The van der Waals surface area contributed by atoms with Gasteiger partial charge < -0.3 is 9.84 Å². The van der Waals surface area contributed by atoms with Gasteiger partial charge in [-0.2, -0.15) is 0 Å². The minimum Gasteiger partial charge on any atom is -0.504 e. The number of amides is 1. The Balaban J connectivity index is 1.71. The Morgan fingerprint density at radius 2 is 1.97 bits per heavy atom. The van der Waals surface area contributed by atoms with E-state index in [2.05, 4.69) is 22.6 Å². The van der Waals surface area contributed by atoms with Crippen molar-refractivity contribution in [1.82, 2.24) is 4.90 Å². The van der Waals surface area contributed by atoms with Crippen molar-refractivity contribution in [2.24, 2.45) is 4.99 Å². The number of aromatic hydroxyl groups is 1. The van der Waals surface area contributed by atoms with Gasteiger partial charge in [-0.05, 0) is 90.0 Å². The maximum Gasteiger partial charge on any atom is 0.267 e. The van der Waals surface area contributed by atoms with Crippen molar-refractivity contribution in [3.8, 4) is 11.5 Å². The van der Waals surface area contributed by atoms with Crippen LogP contribution in [0.5, 0.6) is 11.5 Å². The maximum absolute atomic E-state index is 13.4. The molecule has 0 unspecified atom stereocenters. The molecule has 162 valence electrons. The van der Waals surface area contributed by atoms with Crippen LogP contribution in [0.1, 0.15) is 44.6 Å². The molecule has 0 radical (unpaired) electrons. The number of rotatable bonds is 5. The molecular formula is C24H25IN2O3S. The first kappa shape index (κ1) is 22.2. The summed E-state index contributed by atoms with van der Waals surface area (Å²) < 4.78 is 6.24. The van der Waals surface area contributed by atoms with Crippen molar-refractivity contribution in [2.45, 2.75) is 45.1 Å². The van der Waals surface area contributed by atoms with Gasteiger partial charge in [0.1, 0.15) is 0 Å². The molecule has 1 saturated carbocycles. The second-order valence-electron chi connectivity index (χ2n) is 7.59. The van der Waals surface area contributed by atoms with E-state index in [1.807, 2.05) is 54.3 Å². The lowest BCUT2D eigenvalue weighted by atomic mass is 9.94. The standard InChI is InChI=1S/C24H25IN2O3S/c1-2-30-20-14-16(13-19(25)22(20)28)15-21-23(29)27(18-11-7-4-8-12-18)24(31-21)26-17-9-5-3-6-10-17/h3,5-6,9-10,13-15,18,28H,2,4,7-8,11-12H2,1H3/b21-15-,26-24?. The number of ether oxygens (including phenoxy) is 1. The van der Waals surface area contributed by atoms with Gasteiger partial charge in [0.05, 0.1) is 20.8 Å². The third-order valence-corrected chi connectivity index (χ3v) is 7.21. The van der Waals surface area contributed by atoms with Crippen LogP contribution in [0.15, 0.2) is 52.4 Å². The molecule has 2 aromatic rings. The summed E-state index contributed by atoms with van der Waals surface area (Å²) >= 11 is 3.50. The van der Waals surface area contributed by atoms with E-state index in [1.54, 1.807) is 6.07 Å². The summed E-state index contributed by atoms with van der Waals surface area (Å²) in [4.78, 5) is 20.8. The van der Waals surface area contributed by atoms with Crippen LogP contribution >= 0.6 is 34.4 Å². The van der Waals surface area contributed by atoms with E-state index in [9.17, 15) is 9.90 Å². The Hall–Kier alpha value is -2.00. The van der Waals surface area contributed by atoms with Crippen molar-refractivity contribution in [2.75, 3.05) is 6.61 Å². The first-order chi connectivity index (χ1) is 15.1. The Bertz CT molecular complexity index is 1020. The summed E-state index contributed by atoms with van der Waals surface area (Å²) in [7, 11) is 0. The number of halogens is 1. The molecule has 1 amide bonds. The fraction of sp³-hybridized carbons (Fsp3) is 0.333. The first-order valence-electron chi connectivity index (χ1n) is 10.6. The number of benzene rings is 2. The number of phenolic OH excluding ortho intramolecular Hbond substituents is 1. The van der Waals surface area contributed by atoms with E-state index in [0.29, 0.717) is 20.8 Å². The second kappa shape index (κ2) is 10.1. The summed E-state index contributed by atoms with van der Waals surface area (Å²) in [6, 6.07) is 13.6. The summed E-state index contributed by atoms with van der Waals surface area (Å²) in [6.07, 6.45) is 7.42. The third kappa shape index (κ3) is 5.09. The number of para-hydroxylation sites is 1. The number of amidine groups is 1. The van der Waals surface area contributed by atoms with Crippen molar-refractivity contribution >= 4 is 57.2 Å². The molecule has 0 atom stereocenters. The molecule has 2 fully saturated rings. The van der Waals surface area contributed by atoms with Gasteiger partial charge in [0, 0.05) is 6.04 Å². The zero-order chi connectivity index (χ0) is 21.8. The molecule has 1 saturated heterocycles. The van der Waals surface area contributed by atoms with Crippen LogP contribution in [0.2, 0.25) is 0 Å². The number of nitrogens with zero attached hydrogens (tertiary/aromatic N) is 2. The van der Waals surface area contributed by atoms with Crippen molar-refractivity contribution < 1.29 is 14.6 Å². The Labute approximate surface area is 200 Å². The van der Waals surface area contributed by atoms with E-state index >= 15 is 0 Å². The van der Waals surface area contributed by atoms with Gasteiger partial charge in [-0.25, -0.2) is 4.99 Å². The highest BCUT2D eigenvalue weighted by molar-refractivity contribution is 14.1. The van der Waals surface area contributed by atoms with Crippen LogP contribution in [0.25, 0.3) is 6.08 Å². The predicted molar refractivity (Wildman–Crippen MR) is 135 cm³/mol. The van der Waals surface area contributed by atoms with Gasteiger partial charge in [-0.15, -0.1) is 0 Å². The van der Waals surface area contributed by atoms with Gasteiger partial charge in [0.25, 0.3) is 5.91 Å². The number of hydrogen-bond acceptors (Lipinski definition) is 5. The maximum atomic E-state index is 13.4. The number of aliphatic imine (C=N–C) groups is 1. The highest BCUT2D eigenvalue weighted by Crippen LogP contribution is 2.40. The Kier molecular flexibility index (Phi) is 7.22. The lowest BCUT2D eigenvalue weighted by Crippen LogP contribution is -2.40. The SMILES string of the molecule is CCOc1cc(/C=C2\SC(=Nc3ccccc3)N(C3CCCCC3)C2=O)cc(I)c1O. The minimum absolute atomic E-state index is 0.00706. The molecule has 5 nitrogen and oxygen atoms in total. The zero-order valence-electron chi connectivity index (χ0n) is 17.4. The molecule has 7 heteroatoms. The molecule has 1 heterocycles. The molecule has 0 bridgehead atoms. The fourth-order valence-electron chi connectivity index (χ4n) is 3.93. The largest absolute Gasteiger partial charge is 0.504 e. The molecule has 1 aliphatic heterocycles. The molecule has 0 aromatic heterocycles. The van der Waals surface area contributed by atoms with E-state index in [-0.39, 0.29) is 17.7 Å². The molecule has 1 aliphatic carbocycles. The summed E-state index contributed by atoms with van der Waals surface area (Å²) in [5.41, 5.74) is 1.67. The van der Waals surface area contributed by atoms with Crippen molar-refractivity contribution in [1.29, 1.82) is 0 Å². The van der Waals surface area contributed by atoms with Crippen molar-refractivity contribution in [3.63, 3.8) is 0 Å². The third-order valence-electron chi connectivity index (χ3n) is 5.41. The van der Waals surface area contributed by atoms with Crippen LogP contribution in [-0.2, 0) is 4.79 Å². The highest BCUT2D eigenvalue weighted by Gasteiger charge is 2.38. The van der Waals surface area contributed by atoms with Crippen LogP contribution in [0.4, 0.5) is 5.69 Å². The first-order valence-corrected chi connectivity index (χ1v) is 12.5. The van der Waals surface area contributed by atoms with Crippen LogP contribution in [0, 0.1) is 3.57 Å². The van der Waals surface area contributed by atoms with Crippen LogP contribution < -0.4 is 4.74 Å². The van der Waals surface area contributed by atoms with Crippen molar-refractivity contribution in [3.05, 3.63) is 56.5 Å². The smallest absolute Gasteiger partial charge is 0.267 e. The molecule has 2 aromatic carbocycles. The predicted octanol–water partition coefficient (Wildman–Crippen LogP) is 6.33.